The smallest absolute Gasteiger partial charge is 0.243 e. The molecule has 0 aliphatic rings. The van der Waals surface area contributed by atoms with Gasteiger partial charge in [0.05, 0.1) is 11.9 Å². The molecule has 0 bridgehead atoms. The summed E-state index contributed by atoms with van der Waals surface area (Å²) < 4.78 is 25.3. The van der Waals surface area contributed by atoms with Crippen LogP contribution in [0, 0.1) is 0 Å². The van der Waals surface area contributed by atoms with E-state index in [-0.39, 0.29) is 5.91 Å². The highest BCUT2D eigenvalue weighted by Gasteiger charge is 2.28. The van der Waals surface area contributed by atoms with Crippen molar-refractivity contribution in [2.24, 2.45) is 0 Å². The van der Waals surface area contributed by atoms with E-state index in [9.17, 15) is 13.2 Å². The molecule has 6 nitrogen and oxygen atoms in total. The number of nitrogens with one attached hydrogen (secondary N) is 1. The summed E-state index contributed by atoms with van der Waals surface area (Å²) in [4.78, 5) is 14.3. The summed E-state index contributed by atoms with van der Waals surface area (Å²) in [5.74, 6) is -0.330. The Bertz CT molecular complexity index is 617. The lowest BCUT2D eigenvalue weighted by Gasteiger charge is -2.28. The van der Waals surface area contributed by atoms with E-state index in [1.54, 1.807) is 31.2 Å². The summed E-state index contributed by atoms with van der Waals surface area (Å²) >= 11 is 5.83. The minimum absolute atomic E-state index is 0.330. The maximum Gasteiger partial charge on any atom is 0.243 e. The number of nitrogens with zero attached hydrogens (tertiary/aromatic N) is 2. The number of amides is 1. The molecule has 0 unspecified atom stereocenters. The normalized spacial score (nSPS) is 13.0. The van der Waals surface area contributed by atoms with Gasteiger partial charge in [-0.1, -0.05) is 11.6 Å². The third-order valence-electron chi connectivity index (χ3n) is 3.25. The van der Waals surface area contributed by atoms with E-state index in [1.165, 1.54) is 0 Å². The Labute approximate surface area is 143 Å². The van der Waals surface area contributed by atoms with Gasteiger partial charge in [0.2, 0.25) is 15.9 Å². The number of sulfonamides is 1. The second kappa shape index (κ2) is 8.52. The predicted octanol–water partition coefficient (Wildman–Crippen LogP) is 1.56. The van der Waals surface area contributed by atoms with Crippen molar-refractivity contribution in [1.29, 1.82) is 0 Å². The molecular weight excluding hydrogens is 338 g/mol. The molecule has 0 spiro atoms. The number of halogens is 1. The zero-order chi connectivity index (χ0) is 17.6. The minimum atomic E-state index is -3.60. The average Bonchev–Trinajstić information content (AvgIpc) is 2.44. The average molecular weight is 362 g/mol. The number of rotatable bonds is 8. The lowest BCUT2D eigenvalue weighted by molar-refractivity contribution is -0.121. The van der Waals surface area contributed by atoms with Crippen molar-refractivity contribution in [3.05, 3.63) is 29.3 Å². The van der Waals surface area contributed by atoms with E-state index in [1.807, 2.05) is 19.0 Å². The van der Waals surface area contributed by atoms with Crippen LogP contribution >= 0.6 is 11.6 Å². The molecular formula is C15H24ClN3O3S. The van der Waals surface area contributed by atoms with Gasteiger partial charge in [0, 0.05) is 11.6 Å². The van der Waals surface area contributed by atoms with Crippen LogP contribution in [0.25, 0.3) is 0 Å². The summed E-state index contributed by atoms with van der Waals surface area (Å²) in [6.07, 6.45) is 1.88. The van der Waals surface area contributed by atoms with E-state index < -0.39 is 16.1 Å². The zero-order valence-corrected chi connectivity index (χ0v) is 15.5. The first-order valence-electron chi connectivity index (χ1n) is 7.30. The highest BCUT2D eigenvalue weighted by atomic mass is 35.5. The van der Waals surface area contributed by atoms with Crippen molar-refractivity contribution in [2.75, 3.05) is 37.7 Å². The second-order valence-corrected chi connectivity index (χ2v) is 7.95. The number of hydrogen-bond acceptors (Lipinski definition) is 4. The van der Waals surface area contributed by atoms with Gasteiger partial charge in [0.1, 0.15) is 6.04 Å². The molecule has 0 aliphatic carbocycles. The van der Waals surface area contributed by atoms with Crippen LogP contribution in [0.3, 0.4) is 0 Å². The second-order valence-electron chi connectivity index (χ2n) is 5.66. The number of anilines is 1. The van der Waals surface area contributed by atoms with Crippen molar-refractivity contribution >= 4 is 33.2 Å². The molecule has 0 aliphatic heterocycles. The largest absolute Gasteiger partial charge is 0.354 e. The molecule has 1 N–H and O–H groups in total. The fraction of sp³-hybridized carbons (Fsp3) is 0.533. The Balaban J connectivity index is 2.83. The minimum Gasteiger partial charge on any atom is -0.354 e. The number of hydrogen-bond donors (Lipinski definition) is 1. The van der Waals surface area contributed by atoms with Gasteiger partial charge in [0.25, 0.3) is 0 Å². The third-order valence-corrected chi connectivity index (χ3v) is 4.74. The van der Waals surface area contributed by atoms with Crippen molar-refractivity contribution in [1.82, 2.24) is 10.2 Å². The molecule has 0 heterocycles. The molecule has 1 amide bonds. The highest BCUT2D eigenvalue weighted by molar-refractivity contribution is 7.92. The quantitative estimate of drug-likeness (QED) is 0.713. The van der Waals surface area contributed by atoms with Crippen LogP contribution in [0.15, 0.2) is 24.3 Å². The molecule has 0 radical (unpaired) electrons. The maximum atomic E-state index is 12.3. The molecule has 1 aromatic rings. The van der Waals surface area contributed by atoms with Crippen LogP contribution in [-0.2, 0) is 14.8 Å². The van der Waals surface area contributed by atoms with E-state index in [4.69, 9.17) is 11.6 Å². The fourth-order valence-electron chi connectivity index (χ4n) is 2.15. The Morgan fingerprint density at radius 2 is 1.83 bits per heavy atom. The van der Waals surface area contributed by atoms with Gasteiger partial charge < -0.3 is 10.2 Å². The van der Waals surface area contributed by atoms with E-state index in [2.05, 4.69) is 5.32 Å². The van der Waals surface area contributed by atoms with Gasteiger partial charge >= 0.3 is 0 Å². The summed E-state index contributed by atoms with van der Waals surface area (Å²) in [5.41, 5.74) is 0.410. The predicted molar refractivity (Wildman–Crippen MR) is 94.4 cm³/mol. The monoisotopic (exact) mass is 361 g/mol. The maximum absolute atomic E-state index is 12.3. The van der Waals surface area contributed by atoms with Crippen molar-refractivity contribution in [3.63, 3.8) is 0 Å². The highest BCUT2D eigenvalue weighted by Crippen LogP contribution is 2.22. The van der Waals surface area contributed by atoms with Crippen LogP contribution < -0.4 is 9.62 Å². The van der Waals surface area contributed by atoms with Crippen LogP contribution in [-0.4, -0.2) is 58.7 Å². The molecule has 0 aromatic heterocycles. The van der Waals surface area contributed by atoms with Gasteiger partial charge in [-0.05, 0) is 58.3 Å². The zero-order valence-electron chi connectivity index (χ0n) is 13.9. The molecule has 0 saturated heterocycles. The number of carbonyl (C=O) groups is 1. The molecule has 8 heteroatoms. The molecule has 0 fully saturated rings. The number of carbonyl (C=O) groups excluding carboxylic acids is 1. The van der Waals surface area contributed by atoms with E-state index in [0.29, 0.717) is 17.3 Å². The Kier molecular flexibility index (Phi) is 7.31. The standard InChI is InChI=1S/C15H24ClN3O3S/c1-12(15(20)17-10-5-11-18(2)3)19(23(4,21)22)14-8-6-13(16)7-9-14/h6-9,12H,5,10-11H2,1-4H3,(H,17,20)/t12-/m0/s1. The van der Waals surface area contributed by atoms with Gasteiger partial charge in [-0.3, -0.25) is 9.10 Å². The summed E-state index contributed by atoms with van der Waals surface area (Å²) in [6, 6.07) is 5.51. The van der Waals surface area contributed by atoms with Gasteiger partial charge in [-0.15, -0.1) is 0 Å². The molecule has 1 aromatic carbocycles. The number of benzene rings is 1. The Morgan fingerprint density at radius 3 is 2.30 bits per heavy atom. The molecule has 0 saturated carbocycles. The Morgan fingerprint density at radius 1 is 1.26 bits per heavy atom. The van der Waals surface area contributed by atoms with Crippen LogP contribution in [0.1, 0.15) is 13.3 Å². The molecule has 23 heavy (non-hydrogen) atoms. The van der Waals surface area contributed by atoms with Gasteiger partial charge in [-0.25, -0.2) is 8.42 Å². The third kappa shape index (κ3) is 6.37. The summed E-state index contributed by atoms with van der Waals surface area (Å²) in [5, 5.41) is 3.28. The van der Waals surface area contributed by atoms with Crippen molar-refractivity contribution in [2.45, 2.75) is 19.4 Å². The first-order chi connectivity index (χ1) is 10.6. The van der Waals surface area contributed by atoms with Crippen LogP contribution in [0.4, 0.5) is 5.69 Å². The van der Waals surface area contributed by atoms with Crippen molar-refractivity contribution < 1.29 is 13.2 Å². The summed E-state index contributed by atoms with van der Waals surface area (Å²) in [7, 11) is 0.312. The molecule has 1 rings (SSSR count). The lowest BCUT2D eigenvalue weighted by Crippen LogP contribution is -2.48. The topological polar surface area (TPSA) is 69.7 Å². The SMILES string of the molecule is C[C@@H](C(=O)NCCCN(C)C)N(c1ccc(Cl)cc1)S(C)(=O)=O. The van der Waals surface area contributed by atoms with Crippen LogP contribution in [0.5, 0.6) is 0 Å². The van der Waals surface area contributed by atoms with Crippen LogP contribution in [0.2, 0.25) is 5.02 Å². The summed E-state index contributed by atoms with van der Waals surface area (Å²) in [6.45, 7) is 2.91. The first kappa shape index (κ1) is 19.7. The van der Waals surface area contributed by atoms with Gasteiger partial charge in [-0.2, -0.15) is 0 Å². The molecule has 1 atom stereocenters. The lowest BCUT2D eigenvalue weighted by atomic mass is 10.2. The van der Waals surface area contributed by atoms with Crippen molar-refractivity contribution in [3.8, 4) is 0 Å². The van der Waals surface area contributed by atoms with Gasteiger partial charge in [0.15, 0.2) is 0 Å². The van der Waals surface area contributed by atoms with E-state index >= 15 is 0 Å². The molecule has 130 valence electrons. The first-order valence-corrected chi connectivity index (χ1v) is 9.53. The fourth-order valence-corrected chi connectivity index (χ4v) is 3.45. The van der Waals surface area contributed by atoms with E-state index in [0.717, 1.165) is 23.5 Å². The Hall–Kier alpha value is -1.31.